The normalized spacial score (nSPS) is 10.2. The molecule has 28 heavy (non-hydrogen) atoms. The Kier molecular flexibility index (Phi) is 5.96. The first-order chi connectivity index (χ1) is 13.5. The number of amides is 2. The molecule has 0 saturated heterocycles. The molecule has 2 amide bonds. The summed E-state index contributed by atoms with van der Waals surface area (Å²) in [6, 6.07) is 17.4. The fraction of sp³-hybridized carbons (Fsp3) is 0.0476. The van der Waals surface area contributed by atoms with Crippen molar-refractivity contribution >= 4 is 23.2 Å². The maximum atomic E-state index is 13.6. The third-order valence-corrected chi connectivity index (χ3v) is 3.74. The molecule has 0 saturated carbocycles. The quantitative estimate of drug-likeness (QED) is 0.670. The Hall–Kier alpha value is -3.74. The Morgan fingerprint density at radius 3 is 2.25 bits per heavy atom. The highest BCUT2D eigenvalue weighted by atomic mass is 19.1. The van der Waals surface area contributed by atoms with Crippen LogP contribution < -0.4 is 15.4 Å². The molecule has 0 aliphatic heterocycles. The molecule has 0 fully saturated rings. The van der Waals surface area contributed by atoms with Gasteiger partial charge in [-0.05, 0) is 48.5 Å². The molecule has 3 aromatic carbocycles. The summed E-state index contributed by atoms with van der Waals surface area (Å²) in [5.74, 6) is -1.83. The molecule has 0 heterocycles. The lowest BCUT2D eigenvalue weighted by Gasteiger charge is -2.12. The number of halogens is 2. The van der Waals surface area contributed by atoms with E-state index in [9.17, 15) is 18.4 Å². The minimum absolute atomic E-state index is 0.0402. The zero-order chi connectivity index (χ0) is 19.9. The zero-order valence-electron chi connectivity index (χ0n) is 14.6. The Morgan fingerprint density at radius 2 is 1.50 bits per heavy atom. The molecule has 2 N–H and O–H groups in total. The van der Waals surface area contributed by atoms with E-state index in [1.807, 2.05) is 0 Å². The van der Waals surface area contributed by atoms with Crippen LogP contribution in [0.15, 0.2) is 72.8 Å². The number of hydrogen-bond donors (Lipinski definition) is 2. The summed E-state index contributed by atoms with van der Waals surface area (Å²) >= 11 is 0. The van der Waals surface area contributed by atoms with Crippen molar-refractivity contribution in [2.45, 2.75) is 0 Å². The number of carbonyl (C=O) groups is 2. The highest BCUT2D eigenvalue weighted by Crippen LogP contribution is 2.20. The van der Waals surface area contributed by atoms with Crippen LogP contribution in [-0.2, 0) is 4.79 Å². The van der Waals surface area contributed by atoms with Gasteiger partial charge in [0, 0.05) is 5.69 Å². The SMILES string of the molecule is O=C(COc1ccccc1C(=O)Nc1ccc(F)cc1)Nc1ccccc1F. The van der Waals surface area contributed by atoms with Crippen LogP contribution in [0.5, 0.6) is 5.75 Å². The van der Waals surface area contributed by atoms with E-state index in [0.29, 0.717) is 5.69 Å². The van der Waals surface area contributed by atoms with Gasteiger partial charge in [0.05, 0.1) is 11.3 Å². The molecule has 7 heteroatoms. The summed E-state index contributed by atoms with van der Waals surface area (Å²) in [5.41, 5.74) is 0.655. The summed E-state index contributed by atoms with van der Waals surface area (Å²) in [7, 11) is 0. The predicted molar refractivity (Wildman–Crippen MR) is 101 cm³/mol. The summed E-state index contributed by atoms with van der Waals surface area (Å²) in [6.45, 7) is -0.408. The summed E-state index contributed by atoms with van der Waals surface area (Å²) < 4.78 is 32.0. The van der Waals surface area contributed by atoms with Crippen LogP contribution in [0.25, 0.3) is 0 Å². The van der Waals surface area contributed by atoms with Crippen molar-refractivity contribution in [1.29, 1.82) is 0 Å². The number of rotatable bonds is 6. The Balaban J connectivity index is 1.65. The Bertz CT molecular complexity index is 991. The van der Waals surface area contributed by atoms with Crippen molar-refractivity contribution in [2.24, 2.45) is 0 Å². The van der Waals surface area contributed by atoms with E-state index in [2.05, 4.69) is 10.6 Å². The van der Waals surface area contributed by atoms with Gasteiger partial charge in [-0.1, -0.05) is 24.3 Å². The van der Waals surface area contributed by atoms with Gasteiger partial charge < -0.3 is 15.4 Å². The van der Waals surface area contributed by atoms with Gasteiger partial charge in [0.25, 0.3) is 11.8 Å². The minimum Gasteiger partial charge on any atom is -0.483 e. The van der Waals surface area contributed by atoms with Crippen molar-refractivity contribution in [1.82, 2.24) is 0 Å². The van der Waals surface area contributed by atoms with Crippen molar-refractivity contribution in [3.63, 3.8) is 0 Å². The molecule has 0 bridgehead atoms. The van der Waals surface area contributed by atoms with E-state index in [-0.39, 0.29) is 17.0 Å². The third kappa shape index (κ3) is 4.91. The molecule has 3 aromatic rings. The average Bonchev–Trinajstić information content (AvgIpc) is 2.70. The van der Waals surface area contributed by atoms with Crippen LogP contribution in [0.4, 0.5) is 20.2 Å². The van der Waals surface area contributed by atoms with Gasteiger partial charge in [0.1, 0.15) is 17.4 Å². The second kappa shape index (κ2) is 8.77. The molecule has 0 unspecified atom stereocenters. The lowest BCUT2D eigenvalue weighted by molar-refractivity contribution is -0.118. The summed E-state index contributed by atoms with van der Waals surface area (Å²) in [4.78, 5) is 24.5. The Morgan fingerprint density at radius 1 is 0.821 bits per heavy atom. The highest BCUT2D eigenvalue weighted by molar-refractivity contribution is 6.06. The van der Waals surface area contributed by atoms with E-state index in [1.54, 1.807) is 18.2 Å². The molecule has 0 atom stereocenters. The molecular formula is C21H16F2N2O3. The molecule has 5 nitrogen and oxygen atoms in total. The first kappa shape index (κ1) is 19.0. The van der Waals surface area contributed by atoms with Crippen molar-refractivity contribution in [2.75, 3.05) is 17.2 Å². The van der Waals surface area contributed by atoms with E-state index < -0.39 is 30.1 Å². The van der Waals surface area contributed by atoms with Gasteiger partial charge in [-0.15, -0.1) is 0 Å². The van der Waals surface area contributed by atoms with Gasteiger partial charge in [0.2, 0.25) is 0 Å². The fourth-order valence-corrected chi connectivity index (χ4v) is 2.40. The largest absolute Gasteiger partial charge is 0.483 e. The van der Waals surface area contributed by atoms with Crippen LogP contribution in [-0.4, -0.2) is 18.4 Å². The zero-order valence-corrected chi connectivity index (χ0v) is 14.6. The van der Waals surface area contributed by atoms with Crippen LogP contribution in [0, 0.1) is 11.6 Å². The predicted octanol–water partition coefficient (Wildman–Crippen LogP) is 4.23. The molecule has 0 aliphatic carbocycles. The van der Waals surface area contributed by atoms with E-state index >= 15 is 0 Å². The van der Waals surface area contributed by atoms with Gasteiger partial charge >= 0.3 is 0 Å². The third-order valence-electron chi connectivity index (χ3n) is 3.74. The number of carbonyl (C=O) groups excluding carboxylic acids is 2. The topological polar surface area (TPSA) is 67.4 Å². The monoisotopic (exact) mass is 382 g/mol. The average molecular weight is 382 g/mol. The maximum Gasteiger partial charge on any atom is 0.262 e. The smallest absolute Gasteiger partial charge is 0.262 e. The molecule has 0 radical (unpaired) electrons. The number of benzene rings is 3. The molecule has 142 valence electrons. The number of para-hydroxylation sites is 2. The van der Waals surface area contributed by atoms with Crippen molar-refractivity contribution in [3.8, 4) is 5.75 Å². The molecule has 0 aromatic heterocycles. The van der Waals surface area contributed by atoms with E-state index in [4.69, 9.17) is 4.74 Å². The first-order valence-corrected chi connectivity index (χ1v) is 8.36. The van der Waals surface area contributed by atoms with Gasteiger partial charge in [0.15, 0.2) is 6.61 Å². The van der Waals surface area contributed by atoms with Crippen molar-refractivity contribution < 1.29 is 23.1 Å². The number of anilines is 2. The second-order valence-electron chi connectivity index (χ2n) is 5.77. The fourth-order valence-electron chi connectivity index (χ4n) is 2.40. The van der Waals surface area contributed by atoms with Gasteiger partial charge in [-0.25, -0.2) is 8.78 Å². The van der Waals surface area contributed by atoms with Gasteiger partial charge in [-0.2, -0.15) is 0 Å². The van der Waals surface area contributed by atoms with Crippen molar-refractivity contribution in [3.05, 3.63) is 90.0 Å². The molecule has 3 rings (SSSR count). The van der Waals surface area contributed by atoms with Gasteiger partial charge in [-0.3, -0.25) is 9.59 Å². The lowest BCUT2D eigenvalue weighted by atomic mass is 10.2. The maximum absolute atomic E-state index is 13.6. The summed E-state index contributed by atoms with van der Waals surface area (Å²) in [5, 5.41) is 5.02. The van der Waals surface area contributed by atoms with Crippen LogP contribution in [0.2, 0.25) is 0 Å². The van der Waals surface area contributed by atoms with Crippen LogP contribution in [0.1, 0.15) is 10.4 Å². The molecular weight excluding hydrogens is 366 g/mol. The summed E-state index contributed by atoms with van der Waals surface area (Å²) in [6.07, 6.45) is 0. The van der Waals surface area contributed by atoms with E-state index in [0.717, 1.165) is 0 Å². The molecule has 0 aliphatic rings. The Labute approximate surface area is 160 Å². The van der Waals surface area contributed by atoms with Crippen LogP contribution >= 0.6 is 0 Å². The van der Waals surface area contributed by atoms with Crippen LogP contribution in [0.3, 0.4) is 0 Å². The highest BCUT2D eigenvalue weighted by Gasteiger charge is 2.14. The number of ether oxygens (including phenoxy) is 1. The second-order valence-corrected chi connectivity index (χ2v) is 5.77. The number of nitrogens with one attached hydrogen (secondary N) is 2. The first-order valence-electron chi connectivity index (χ1n) is 8.36. The molecule has 0 spiro atoms. The van der Waals surface area contributed by atoms with E-state index in [1.165, 1.54) is 54.6 Å². The minimum atomic E-state index is -0.571. The standard InChI is InChI=1S/C21H16F2N2O3/c22-14-9-11-15(12-10-14)24-21(27)16-5-1-4-8-19(16)28-13-20(26)25-18-7-3-2-6-17(18)23/h1-12H,13H2,(H,24,27)(H,25,26). The lowest BCUT2D eigenvalue weighted by Crippen LogP contribution is -2.22. The number of hydrogen-bond acceptors (Lipinski definition) is 3.